The first-order valence-electron chi connectivity index (χ1n) is 5.43. The van der Waals surface area contributed by atoms with Crippen LogP contribution in [0.15, 0.2) is 47.4 Å². The minimum Gasteiger partial charge on any atom is -0.377 e. The minimum atomic E-state index is -4.13. The Labute approximate surface area is 130 Å². The zero-order chi connectivity index (χ0) is 15.6. The molecule has 0 saturated heterocycles. The smallest absolute Gasteiger partial charge is 0.339 e. The molecule has 2 aromatic rings. The fourth-order valence-corrected chi connectivity index (χ4v) is 2.97. The van der Waals surface area contributed by atoms with Crippen molar-refractivity contribution in [1.29, 1.82) is 0 Å². The van der Waals surface area contributed by atoms with Crippen LogP contribution in [0, 0.1) is 10.1 Å². The van der Waals surface area contributed by atoms with E-state index in [2.05, 4.69) is 0 Å². The second-order valence-corrected chi connectivity index (χ2v) is 6.26. The standard InChI is InChI=1S/C12H7Cl2NO5S/c13-8-2-1-3-10(6-8)21(18,19)20-12-5-4-9(15(16)17)7-11(12)14/h1-7H. The highest BCUT2D eigenvalue weighted by Gasteiger charge is 2.20. The summed E-state index contributed by atoms with van der Waals surface area (Å²) in [7, 11) is -4.13. The Balaban J connectivity index is 2.35. The molecule has 0 fully saturated rings. The number of non-ortho nitro benzene ring substituents is 1. The molecule has 6 nitrogen and oxygen atoms in total. The molecule has 0 aliphatic heterocycles. The highest BCUT2D eigenvalue weighted by atomic mass is 35.5. The Bertz CT molecular complexity index is 807. The van der Waals surface area contributed by atoms with Gasteiger partial charge in [0.05, 0.1) is 9.95 Å². The van der Waals surface area contributed by atoms with Crippen LogP contribution in [0.3, 0.4) is 0 Å². The molecule has 0 N–H and O–H groups in total. The summed E-state index contributed by atoms with van der Waals surface area (Å²) in [5.41, 5.74) is -0.271. The van der Waals surface area contributed by atoms with E-state index in [1.54, 1.807) is 0 Å². The number of benzene rings is 2. The summed E-state index contributed by atoms with van der Waals surface area (Å²) in [4.78, 5) is 9.78. The fraction of sp³-hybridized carbons (Fsp3) is 0. The zero-order valence-corrected chi connectivity index (χ0v) is 12.5. The monoisotopic (exact) mass is 347 g/mol. The predicted octanol–water partition coefficient (Wildman–Crippen LogP) is 3.67. The minimum absolute atomic E-state index is 0.149. The topological polar surface area (TPSA) is 86.5 Å². The summed E-state index contributed by atoms with van der Waals surface area (Å²) in [6.45, 7) is 0. The Morgan fingerprint density at radius 2 is 1.81 bits per heavy atom. The highest BCUT2D eigenvalue weighted by Crippen LogP contribution is 2.31. The quantitative estimate of drug-likeness (QED) is 0.478. The van der Waals surface area contributed by atoms with Crippen LogP contribution in [0.5, 0.6) is 5.75 Å². The van der Waals surface area contributed by atoms with Crippen LogP contribution in [0.25, 0.3) is 0 Å². The van der Waals surface area contributed by atoms with Crippen LogP contribution in [-0.2, 0) is 10.1 Å². The SMILES string of the molecule is O=[N+]([O-])c1ccc(OS(=O)(=O)c2cccc(Cl)c2)c(Cl)c1. The van der Waals surface area contributed by atoms with Gasteiger partial charge in [-0.25, -0.2) is 0 Å². The molecule has 2 rings (SSSR count). The summed E-state index contributed by atoms with van der Waals surface area (Å²) < 4.78 is 29.0. The number of hydrogen-bond acceptors (Lipinski definition) is 5. The lowest BCUT2D eigenvalue weighted by Gasteiger charge is -2.08. The van der Waals surface area contributed by atoms with E-state index in [0.29, 0.717) is 0 Å². The normalized spacial score (nSPS) is 11.1. The van der Waals surface area contributed by atoms with Gasteiger partial charge in [0.1, 0.15) is 4.90 Å². The van der Waals surface area contributed by atoms with E-state index in [0.717, 1.165) is 18.2 Å². The van der Waals surface area contributed by atoms with Gasteiger partial charge in [0.15, 0.2) is 5.75 Å². The Morgan fingerprint density at radius 3 is 2.38 bits per heavy atom. The molecule has 110 valence electrons. The molecule has 21 heavy (non-hydrogen) atoms. The summed E-state index contributed by atoms with van der Waals surface area (Å²) >= 11 is 11.5. The van der Waals surface area contributed by atoms with Gasteiger partial charge >= 0.3 is 10.1 Å². The summed E-state index contributed by atoms with van der Waals surface area (Å²) in [5, 5.41) is 10.6. The molecular weight excluding hydrogens is 341 g/mol. The number of rotatable bonds is 4. The van der Waals surface area contributed by atoms with Crippen LogP contribution in [0.4, 0.5) is 5.69 Å². The van der Waals surface area contributed by atoms with Gasteiger partial charge in [-0.05, 0) is 24.3 Å². The third-order valence-electron chi connectivity index (χ3n) is 2.41. The van der Waals surface area contributed by atoms with E-state index in [4.69, 9.17) is 27.4 Å². The molecule has 0 radical (unpaired) electrons. The van der Waals surface area contributed by atoms with Crippen molar-refractivity contribution in [2.24, 2.45) is 0 Å². The van der Waals surface area contributed by atoms with Crippen molar-refractivity contribution in [2.45, 2.75) is 4.90 Å². The van der Waals surface area contributed by atoms with Gasteiger partial charge in [0.25, 0.3) is 5.69 Å². The van der Waals surface area contributed by atoms with Crippen molar-refractivity contribution >= 4 is 39.0 Å². The van der Waals surface area contributed by atoms with Crippen molar-refractivity contribution in [3.05, 3.63) is 62.6 Å². The lowest BCUT2D eigenvalue weighted by molar-refractivity contribution is -0.384. The largest absolute Gasteiger partial charge is 0.377 e. The van der Waals surface area contributed by atoms with Gasteiger partial charge in [-0.1, -0.05) is 29.3 Å². The van der Waals surface area contributed by atoms with Gasteiger partial charge in [0, 0.05) is 17.2 Å². The lowest BCUT2D eigenvalue weighted by atomic mass is 10.3. The number of nitro groups is 1. The average molecular weight is 348 g/mol. The van der Waals surface area contributed by atoms with Crippen molar-refractivity contribution in [3.8, 4) is 5.75 Å². The second-order valence-electron chi connectivity index (χ2n) is 3.87. The Hall–Kier alpha value is -1.83. The van der Waals surface area contributed by atoms with Gasteiger partial charge in [-0.15, -0.1) is 0 Å². The molecule has 0 aliphatic carbocycles. The molecule has 0 atom stereocenters. The molecule has 0 aromatic heterocycles. The third kappa shape index (κ3) is 3.63. The first-order chi connectivity index (χ1) is 9.79. The van der Waals surface area contributed by atoms with Gasteiger partial charge in [-0.3, -0.25) is 10.1 Å². The molecular formula is C12H7Cl2NO5S. The molecule has 0 unspecified atom stereocenters. The summed E-state index contributed by atoms with van der Waals surface area (Å²) in [6, 6.07) is 8.70. The van der Waals surface area contributed by atoms with Crippen molar-refractivity contribution in [1.82, 2.24) is 0 Å². The van der Waals surface area contributed by atoms with Crippen molar-refractivity contribution in [2.75, 3.05) is 0 Å². The van der Waals surface area contributed by atoms with E-state index in [9.17, 15) is 18.5 Å². The van der Waals surface area contributed by atoms with E-state index in [-0.39, 0.29) is 26.4 Å². The molecule has 0 saturated carbocycles. The highest BCUT2D eigenvalue weighted by molar-refractivity contribution is 7.87. The summed E-state index contributed by atoms with van der Waals surface area (Å²) in [6.07, 6.45) is 0. The number of hydrogen-bond donors (Lipinski definition) is 0. The van der Waals surface area contributed by atoms with E-state index in [1.807, 2.05) is 0 Å². The second kappa shape index (κ2) is 5.88. The van der Waals surface area contributed by atoms with Crippen molar-refractivity contribution < 1.29 is 17.5 Å². The van der Waals surface area contributed by atoms with E-state index < -0.39 is 15.0 Å². The van der Waals surface area contributed by atoms with Crippen LogP contribution in [0.1, 0.15) is 0 Å². The van der Waals surface area contributed by atoms with Crippen LogP contribution in [0.2, 0.25) is 10.0 Å². The van der Waals surface area contributed by atoms with Gasteiger partial charge in [0.2, 0.25) is 0 Å². The molecule has 9 heteroatoms. The Kier molecular flexibility index (Phi) is 4.36. The summed E-state index contributed by atoms with van der Waals surface area (Å²) in [5.74, 6) is -0.206. The molecule has 2 aromatic carbocycles. The van der Waals surface area contributed by atoms with E-state index >= 15 is 0 Å². The van der Waals surface area contributed by atoms with Crippen LogP contribution in [-0.4, -0.2) is 13.3 Å². The predicted molar refractivity (Wildman–Crippen MR) is 77.4 cm³/mol. The maximum Gasteiger partial charge on any atom is 0.339 e. The number of nitro benzene ring substituents is 1. The maximum absolute atomic E-state index is 12.1. The molecule has 0 aliphatic rings. The fourth-order valence-electron chi connectivity index (χ4n) is 1.46. The zero-order valence-electron chi connectivity index (χ0n) is 10.2. The first kappa shape index (κ1) is 15.6. The van der Waals surface area contributed by atoms with E-state index in [1.165, 1.54) is 24.3 Å². The first-order valence-corrected chi connectivity index (χ1v) is 7.60. The molecule has 0 bridgehead atoms. The molecule has 0 amide bonds. The molecule has 0 spiro atoms. The van der Waals surface area contributed by atoms with Crippen LogP contribution >= 0.6 is 23.2 Å². The molecule has 0 heterocycles. The van der Waals surface area contributed by atoms with Gasteiger partial charge < -0.3 is 4.18 Å². The number of nitrogens with zero attached hydrogens (tertiary/aromatic N) is 1. The van der Waals surface area contributed by atoms with Crippen molar-refractivity contribution in [3.63, 3.8) is 0 Å². The maximum atomic E-state index is 12.1. The average Bonchev–Trinajstić information content (AvgIpc) is 2.40. The number of halogens is 2. The Morgan fingerprint density at radius 1 is 1.10 bits per heavy atom. The third-order valence-corrected chi connectivity index (χ3v) is 4.17. The lowest BCUT2D eigenvalue weighted by Crippen LogP contribution is -2.10. The van der Waals surface area contributed by atoms with Gasteiger partial charge in [-0.2, -0.15) is 8.42 Å². The van der Waals surface area contributed by atoms with Crippen LogP contribution < -0.4 is 4.18 Å².